The van der Waals surface area contributed by atoms with Crippen LogP contribution < -0.4 is 0 Å². The highest BCUT2D eigenvalue weighted by atomic mass is 19.2. The van der Waals surface area contributed by atoms with Gasteiger partial charge in [0.15, 0.2) is 17.4 Å². The van der Waals surface area contributed by atoms with Crippen LogP contribution in [0.25, 0.3) is 0 Å². The molecule has 1 aliphatic heterocycles. The van der Waals surface area contributed by atoms with Crippen LogP contribution in [0.5, 0.6) is 0 Å². The highest BCUT2D eigenvalue weighted by Crippen LogP contribution is 2.28. The first kappa shape index (κ1) is 15.4. The Morgan fingerprint density at radius 2 is 2.05 bits per heavy atom. The van der Waals surface area contributed by atoms with E-state index in [1.807, 2.05) is 19.0 Å². The van der Waals surface area contributed by atoms with Crippen molar-refractivity contribution in [3.05, 3.63) is 58.8 Å². The smallest absolute Gasteiger partial charge is 0.163 e. The molecule has 1 aliphatic rings. The van der Waals surface area contributed by atoms with Gasteiger partial charge in [-0.3, -0.25) is 4.79 Å². The first-order valence-electron chi connectivity index (χ1n) is 6.64. The summed E-state index contributed by atoms with van der Waals surface area (Å²) in [6.07, 6.45) is 0. The van der Waals surface area contributed by atoms with Crippen LogP contribution in [-0.2, 0) is 11.3 Å². The third-order valence-corrected chi connectivity index (χ3v) is 3.61. The van der Waals surface area contributed by atoms with Gasteiger partial charge in [-0.15, -0.1) is 0 Å². The zero-order valence-electron chi connectivity index (χ0n) is 12.4. The van der Waals surface area contributed by atoms with Crippen LogP contribution in [0.15, 0.2) is 41.6 Å². The molecule has 0 radical (unpaired) electrons. The predicted octanol–water partition coefficient (Wildman–Crippen LogP) is 3.05. The monoisotopic (exact) mass is 292 g/mol. The highest BCUT2D eigenvalue weighted by Gasteiger charge is 2.27. The summed E-state index contributed by atoms with van der Waals surface area (Å²) in [5, 5.41) is 3.54. The normalized spacial score (nSPS) is 16.6. The van der Waals surface area contributed by atoms with Gasteiger partial charge < -0.3 is 5.01 Å². The third-order valence-electron chi connectivity index (χ3n) is 3.61. The number of allylic oxidation sites excluding steroid dienone is 1. The fourth-order valence-corrected chi connectivity index (χ4v) is 2.64. The first-order valence-corrected chi connectivity index (χ1v) is 6.64. The highest BCUT2D eigenvalue weighted by molar-refractivity contribution is 5.98. The van der Waals surface area contributed by atoms with E-state index in [4.69, 9.17) is 0 Å². The van der Waals surface area contributed by atoms with Crippen LogP contribution in [0.1, 0.15) is 19.4 Å². The molecule has 0 aromatic heterocycles. The third kappa shape index (κ3) is 2.88. The van der Waals surface area contributed by atoms with Gasteiger partial charge >= 0.3 is 0 Å². The molecule has 0 saturated carbocycles. The Hall–Kier alpha value is -2.01. The summed E-state index contributed by atoms with van der Waals surface area (Å²) >= 11 is 0. The molecule has 2 rings (SSSR count). The molecule has 1 aromatic rings. The quantitative estimate of drug-likeness (QED) is 0.855. The molecule has 1 heterocycles. The van der Waals surface area contributed by atoms with Gasteiger partial charge in [-0.25, -0.2) is 13.8 Å². The van der Waals surface area contributed by atoms with E-state index < -0.39 is 11.6 Å². The predicted molar refractivity (Wildman–Crippen MR) is 77.1 cm³/mol. The maximum absolute atomic E-state index is 13.8. The summed E-state index contributed by atoms with van der Waals surface area (Å²) in [6.45, 7) is 7.97. The number of halogens is 2. The number of hydrogen-bond donors (Lipinski definition) is 0. The van der Waals surface area contributed by atoms with Crippen molar-refractivity contribution in [1.29, 1.82) is 0 Å². The minimum absolute atomic E-state index is 0.0738. The minimum atomic E-state index is -0.878. The van der Waals surface area contributed by atoms with Gasteiger partial charge in [0.05, 0.1) is 12.2 Å². The first-order chi connectivity index (χ1) is 9.82. The van der Waals surface area contributed by atoms with E-state index in [9.17, 15) is 13.6 Å². The largest absolute Gasteiger partial charge is 0.301 e. The van der Waals surface area contributed by atoms with E-state index in [0.29, 0.717) is 17.8 Å². The molecule has 0 N–H and O–H groups in total. The average molecular weight is 292 g/mol. The lowest BCUT2D eigenvalue weighted by Gasteiger charge is -2.40. The summed E-state index contributed by atoms with van der Waals surface area (Å²) in [4.78, 5) is 11.7. The van der Waals surface area contributed by atoms with E-state index >= 15 is 0 Å². The summed E-state index contributed by atoms with van der Waals surface area (Å²) < 4.78 is 27.1. The molecule has 5 heteroatoms. The second-order valence-corrected chi connectivity index (χ2v) is 5.24. The zero-order chi connectivity index (χ0) is 15.7. The molecule has 0 atom stereocenters. The minimum Gasteiger partial charge on any atom is -0.301 e. The SMILES string of the molecule is C=C1C(C(C)=O)=C(C)CN(C)N1Cc1cccc(F)c1F. The number of likely N-dealkylation sites (N-methyl/N-ethyl adjacent to an activating group) is 1. The van der Waals surface area contributed by atoms with Gasteiger partial charge in [-0.2, -0.15) is 0 Å². The number of carbonyl (C=O) groups excluding carboxylic acids is 1. The number of Topliss-reactive ketones (excluding diaryl/α,β-unsaturated/α-hetero) is 1. The van der Waals surface area contributed by atoms with Gasteiger partial charge in [0, 0.05) is 24.7 Å². The van der Waals surface area contributed by atoms with E-state index in [-0.39, 0.29) is 17.9 Å². The second-order valence-electron chi connectivity index (χ2n) is 5.24. The van der Waals surface area contributed by atoms with E-state index in [1.165, 1.54) is 19.1 Å². The van der Waals surface area contributed by atoms with Crippen molar-refractivity contribution in [3.8, 4) is 0 Å². The van der Waals surface area contributed by atoms with Crippen molar-refractivity contribution in [3.63, 3.8) is 0 Å². The van der Waals surface area contributed by atoms with Crippen molar-refractivity contribution in [2.24, 2.45) is 0 Å². The number of nitrogens with zero attached hydrogens (tertiary/aromatic N) is 2. The number of hydrogen-bond acceptors (Lipinski definition) is 3. The Morgan fingerprint density at radius 3 is 2.67 bits per heavy atom. The maximum Gasteiger partial charge on any atom is 0.163 e. The number of ketones is 1. The topological polar surface area (TPSA) is 23.6 Å². The van der Waals surface area contributed by atoms with Crippen LogP contribution >= 0.6 is 0 Å². The van der Waals surface area contributed by atoms with Crippen molar-refractivity contribution in [1.82, 2.24) is 10.0 Å². The molecule has 0 unspecified atom stereocenters. The van der Waals surface area contributed by atoms with Gasteiger partial charge in [0.1, 0.15) is 0 Å². The Labute approximate surface area is 123 Å². The summed E-state index contributed by atoms with van der Waals surface area (Å²) in [5.41, 5.74) is 2.22. The Balaban J connectivity index is 2.34. The molecular formula is C16H18F2N2O. The number of hydrazine groups is 1. The lowest BCUT2D eigenvalue weighted by Crippen LogP contribution is -2.44. The standard InChI is InChI=1S/C16H18F2N2O/c1-10-8-19(4)20(11(2)15(10)12(3)21)9-13-6-5-7-14(17)16(13)18/h5-7H,2,8-9H2,1,3-4H3. The Bertz CT molecular complexity index is 637. The van der Waals surface area contributed by atoms with E-state index in [2.05, 4.69) is 6.58 Å². The summed E-state index contributed by atoms with van der Waals surface area (Å²) in [6, 6.07) is 4.07. The van der Waals surface area contributed by atoms with Crippen LogP contribution in [0.2, 0.25) is 0 Å². The molecule has 0 bridgehead atoms. The van der Waals surface area contributed by atoms with Crippen LogP contribution in [-0.4, -0.2) is 29.4 Å². The Kier molecular flexibility index (Phi) is 4.23. The second kappa shape index (κ2) is 5.77. The molecule has 0 aliphatic carbocycles. The van der Waals surface area contributed by atoms with Gasteiger partial charge in [-0.1, -0.05) is 18.7 Å². The fourth-order valence-electron chi connectivity index (χ4n) is 2.64. The fraction of sp³-hybridized carbons (Fsp3) is 0.312. The Morgan fingerprint density at radius 1 is 1.38 bits per heavy atom. The molecule has 0 saturated heterocycles. The summed E-state index contributed by atoms with van der Waals surface area (Å²) in [5.74, 6) is -1.82. The molecule has 3 nitrogen and oxygen atoms in total. The number of carbonyl (C=O) groups is 1. The number of rotatable bonds is 3. The molecule has 21 heavy (non-hydrogen) atoms. The van der Waals surface area contributed by atoms with Crippen molar-refractivity contribution < 1.29 is 13.6 Å². The molecule has 0 amide bonds. The van der Waals surface area contributed by atoms with Crippen LogP contribution in [0.3, 0.4) is 0 Å². The molecule has 0 spiro atoms. The van der Waals surface area contributed by atoms with E-state index in [0.717, 1.165) is 11.6 Å². The molecule has 0 fully saturated rings. The zero-order valence-corrected chi connectivity index (χ0v) is 12.4. The maximum atomic E-state index is 13.8. The van der Waals surface area contributed by atoms with E-state index in [1.54, 1.807) is 5.01 Å². The molecule has 1 aromatic carbocycles. The van der Waals surface area contributed by atoms with Gasteiger partial charge in [0.2, 0.25) is 0 Å². The van der Waals surface area contributed by atoms with Crippen LogP contribution in [0.4, 0.5) is 8.78 Å². The lowest BCUT2D eigenvalue weighted by atomic mass is 10.00. The molecular weight excluding hydrogens is 274 g/mol. The van der Waals surface area contributed by atoms with Crippen LogP contribution in [0, 0.1) is 11.6 Å². The van der Waals surface area contributed by atoms with Gasteiger partial charge in [0.25, 0.3) is 0 Å². The summed E-state index contributed by atoms with van der Waals surface area (Å²) in [7, 11) is 1.82. The van der Waals surface area contributed by atoms with Crippen molar-refractivity contribution in [2.45, 2.75) is 20.4 Å². The van der Waals surface area contributed by atoms with Gasteiger partial charge in [-0.05, 0) is 25.5 Å². The average Bonchev–Trinajstić information content (AvgIpc) is 2.38. The van der Waals surface area contributed by atoms with Crippen molar-refractivity contribution >= 4 is 5.78 Å². The number of benzene rings is 1. The van der Waals surface area contributed by atoms with Crippen molar-refractivity contribution in [2.75, 3.05) is 13.6 Å². The molecule has 112 valence electrons. The lowest BCUT2D eigenvalue weighted by molar-refractivity contribution is -0.114.